The molecule has 0 N–H and O–H groups in total. The normalized spacial score (nSPS) is 16.3. The summed E-state index contributed by atoms with van der Waals surface area (Å²) in [5.41, 5.74) is 0. The highest BCUT2D eigenvalue weighted by atomic mass is 28.4. The van der Waals surface area contributed by atoms with Crippen molar-refractivity contribution >= 4 is 76.7 Å². The summed E-state index contributed by atoms with van der Waals surface area (Å²) >= 11 is 0. The molecule has 0 bridgehead atoms. The second-order valence-electron chi connectivity index (χ2n) is 6.24. The van der Waals surface area contributed by atoms with Crippen molar-refractivity contribution < 1.29 is 28.8 Å². The quantitative estimate of drug-likeness (QED) is 0.209. The maximum Gasteiger partial charge on any atom is 0.286 e. The van der Waals surface area contributed by atoms with Gasteiger partial charge in [0.25, 0.3) is 60.0 Å². The Balaban J connectivity index is 3.10. The molecule has 0 aliphatic heterocycles. The van der Waals surface area contributed by atoms with Crippen molar-refractivity contribution in [3.05, 3.63) is 0 Å². The van der Waals surface area contributed by atoms with Gasteiger partial charge in [-0.25, -0.2) is 0 Å². The first-order valence-electron chi connectivity index (χ1n) is 6.87. The summed E-state index contributed by atoms with van der Waals surface area (Å²) in [6, 6.07) is 0. The van der Waals surface area contributed by atoms with Gasteiger partial charge in [-0.1, -0.05) is 0 Å². The lowest BCUT2D eigenvalue weighted by Gasteiger charge is -2.17. The summed E-state index contributed by atoms with van der Waals surface area (Å²) in [7, 11) is -8.07. The molecule has 0 saturated carbocycles. The van der Waals surface area contributed by atoms with Crippen LogP contribution in [0.2, 0.25) is 39.3 Å². The lowest BCUT2D eigenvalue weighted by Crippen LogP contribution is -2.30. The van der Waals surface area contributed by atoms with E-state index in [-0.39, 0.29) is 0 Å². The van der Waals surface area contributed by atoms with Gasteiger partial charge in [-0.15, -0.1) is 0 Å². The molecule has 0 aromatic heterocycles. The van der Waals surface area contributed by atoms with Crippen molar-refractivity contribution in [2.75, 3.05) is 0 Å². The Hall–Kier alpha value is 1.46. The molecule has 0 rings (SSSR count). The monoisotopic (exact) mass is 438 g/mol. The van der Waals surface area contributed by atoms with Crippen LogP contribution in [0, 0.1) is 0 Å². The first-order valence-corrected chi connectivity index (χ1v) is 20.6. The zero-order valence-electron chi connectivity index (χ0n) is 14.1. The first kappa shape index (κ1) is 22.5. The van der Waals surface area contributed by atoms with Crippen LogP contribution in [0.25, 0.3) is 0 Å². The Bertz CT molecular complexity index is 222. The van der Waals surface area contributed by atoms with Crippen molar-refractivity contribution in [1.82, 2.24) is 0 Å². The van der Waals surface area contributed by atoms with Gasteiger partial charge in [0.15, 0.2) is 16.6 Å². The Labute approximate surface area is 144 Å². The summed E-state index contributed by atoms with van der Waals surface area (Å²) in [5, 5.41) is 0. The third-order valence-corrected chi connectivity index (χ3v) is 16.4. The molecule has 0 aromatic rings. The van der Waals surface area contributed by atoms with E-state index >= 15 is 0 Å². The molecule has 0 heterocycles. The fraction of sp³-hybridized carbons (Fsp3) is 1.00. The molecule has 0 aliphatic carbocycles. The highest BCUT2D eigenvalue weighted by Crippen LogP contribution is 2.00. The first-order chi connectivity index (χ1) is 9.71. The van der Waals surface area contributed by atoms with Crippen LogP contribution < -0.4 is 0 Å². The number of hydrogen-bond donors (Lipinski definition) is 0. The highest BCUT2D eigenvalue weighted by molar-refractivity contribution is 6.74. The van der Waals surface area contributed by atoms with E-state index in [4.69, 9.17) is 28.8 Å². The minimum Gasteiger partial charge on any atom is -0.441 e. The molecule has 7 nitrogen and oxygen atoms in total. The Morgan fingerprint density at radius 1 is 0.429 bits per heavy atom. The van der Waals surface area contributed by atoms with Crippen LogP contribution >= 0.6 is 0 Å². The minimum absolute atomic E-state index is 0.832. The molecular weight excluding hydrogens is 409 g/mol. The molecule has 0 saturated heterocycles. The van der Waals surface area contributed by atoms with Crippen LogP contribution in [-0.2, 0) is 28.8 Å². The maximum atomic E-state index is 5.69. The van der Waals surface area contributed by atoms with E-state index < -0.39 is 76.7 Å². The lowest BCUT2D eigenvalue weighted by atomic mass is 11.8. The fourth-order valence-corrected chi connectivity index (χ4v) is 13.3. The van der Waals surface area contributed by atoms with Crippen LogP contribution in [0.3, 0.4) is 0 Å². The average Bonchev–Trinajstić information content (AvgIpc) is 2.32. The molecule has 0 aromatic carbocycles. The number of hydrogen-bond acceptors (Lipinski definition) is 7. The highest BCUT2D eigenvalue weighted by Gasteiger charge is 2.13. The van der Waals surface area contributed by atoms with Crippen molar-refractivity contribution in [2.24, 2.45) is 0 Å². The number of rotatable bonds is 14. The molecule has 0 spiro atoms. The second-order valence-corrected chi connectivity index (χ2v) is 26.6. The molecule has 0 radical (unpaired) electrons. The Morgan fingerprint density at radius 3 is 0.905 bits per heavy atom. The predicted molar refractivity (Wildman–Crippen MR) is 106 cm³/mol. The molecule has 0 fully saturated rings. The lowest BCUT2D eigenvalue weighted by molar-refractivity contribution is 0.369. The van der Waals surface area contributed by atoms with E-state index in [9.17, 15) is 0 Å². The van der Waals surface area contributed by atoms with Gasteiger partial charge in [-0.2, -0.15) is 0 Å². The van der Waals surface area contributed by atoms with Gasteiger partial charge in [-0.3, -0.25) is 0 Å². The standard InChI is InChI=1S/C6H30O7Si8/c1-20(2,3)12-18-10-16-8-14-7-15-9-17-11-19-13-21(4,5)6/h14-19H2,1-6H3. The summed E-state index contributed by atoms with van der Waals surface area (Å²) < 4.78 is 38.7. The van der Waals surface area contributed by atoms with E-state index in [1.165, 1.54) is 0 Å². The summed E-state index contributed by atoms with van der Waals surface area (Å²) in [6.45, 7) is 13.0. The SMILES string of the molecule is C[Si](C)(C)O[SiH2]O[SiH2]O[SiH2]O[SiH2]O[SiH2]O[SiH2]O[Si](C)(C)C. The van der Waals surface area contributed by atoms with E-state index in [0.717, 1.165) is 0 Å². The summed E-state index contributed by atoms with van der Waals surface area (Å²) in [5.74, 6) is 0. The molecular formula is C6H30O7Si8. The van der Waals surface area contributed by atoms with E-state index in [1.807, 2.05) is 0 Å². The molecule has 0 unspecified atom stereocenters. The third-order valence-electron chi connectivity index (χ3n) is 1.82. The Kier molecular flexibility index (Phi) is 13.7. The second kappa shape index (κ2) is 12.8. The van der Waals surface area contributed by atoms with Crippen molar-refractivity contribution in [1.29, 1.82) is 0 Å². The topological polar surface area (TPSA) is 64.6 Å². The van der Waals surface area contributed by atoms with Gasteiger partial charge < -0.3 is 28.8 Å². The van der Waals surface area contributed by atoms with Gasteiger partial charge in [0.1, 0.15) is 0 Å². The molecule has 0 aliphatic rings. The van der Waals surface area contributed by atoms with Crippen LogP contribution in [0.4, 0.5) is 0 Å². The fourth-order valence-electron chi connectivity index (χ4n) is 0.843. The maximum absolute atomic E-state index is 5.69. The van der Waals surface area contributed by atoms with Crippen LogP contribution in [0.15, 0.2) is 0 Å². The largest absolute Gasteiger partial charge is 0.441 e. The van der Waals surface area contributed by atoms with Gasteiger partial charge >= 0.3 is 0 Å². The van der Waals surface area contributed by atoms with Crippen molar-refractivity contribution in [3.63, 3.8) is 0 Å². The Morgan fingerprint density at radius 2 is 0.667 bits per heavy atom. The molecule has 21 heavy (non-hydrogen) atoms. The van der Waals surface area contributed by atoms with Crippen LogP contribution in [0.5, 0.6) is 0 Å². The zero-order chi connectivity index (χ0) is 16.2. The average molecular weight is 439 g/mol. The zero-order valence-corrected chi connectivity index (χ0v) is 24.6. The minimum atomic E-state index is -1.41. The summed E-state index contributed by atoms with van der Waals surface area (Å²) in [4.78, 5) is 0. The summed E-state index contributed by atoms with van der Waals surface area (Å²) in [6.07, 6.45) is 0. The van der Waals surface area contributed by atoms with Gasteiger partial charge in [0.05, 0.1) is 0 Å². The smallest absolute Gasteiger partial charge is 0.286 e. The molecule has 0 amide bonds. The molecule has 15 heteroatoms. The van der Waals surface area contributed by atoms with Crippen molar-refractivity contribution in [2.45, 2.75) is 39.3 Å². The van der Waals surface area contributed by atoms with Crippen molar-refractivity contribution in [3.8, 4) is 0 Å². The van der Waals surface area contributed by atoms with E-state index in [2.05, 4.69) is 39.3 Å². The van der Waals surface area contributed by atoms with Gasteiger partial charge in [0.2, 0.25) is 0 Å². The van der Waals surface area contributed by atoms with E-state index in [1.54, 1.807) is 0 Å². The van der Waals surface area contributed by atoms with Gasteiger partial charge in [0, 0.05) is 0 Å². The molecule has 0 atom stereocenters. The third kappa shape index (κ3) is 21.5. The molecule has 128 valence electrons. The van der Waals surface area contributed by atoms with Gasteiger partial charge in [-0.05, 0) is 39.3 Å². The van der Waals surface area contributed by atoms with Crippen LogP contribution in [0.1, 0.15) is 0 Å². The van der Waals surface area contributed by atoms with E-state index in [0.29, 0.717) is 0 Å². The van der Waals surface area contributed by atoms with Crippen LogP contribution in [-0.4, -0.2) is 76.7 Å². The predicted octanol–water partition coefficient (Wildman–Crippen LogP) is -3.23.